The van der Waals surface area contributed by atoms with Gasteiger partial charge in [-0.25, -0.2) is 14.2 Å². The number of rotatable bonds is 4. The number of hydrogen-bond donors (Lipinski definition) is 1. The van der Waals surface area contributed by atoms with E-state index < -0.39 is 17.4 Å². The first-order chi connectivity index (χ1) is 11.2. The second-order valence-electron chi connectivity index (χ2n) is 5.98. The monoisotopic (exact) mass is 331 g/mol. The molecule has 2 rings (SSSR count). The third-order valence-electron chi connectivity index (χ3n) is 2.74. The number of nitrogens with zero attached hydrogens (tertiary/aromatic N) is 1. The highest BCUT2D eigenvalue weighted by Gasteiger charge is 2.17. The molecule has 6 heteroatoms. The summed E-state index contributed by atoms with van der Waals surface area (Å²) in [5, 5.41) is 10.2. The van der Waals surface area contributed by atoms with E-state index in [0.29, 0.717) is 5.75 Å². The maximum atomic E-state index is 12.9. The van der Waals surface area contributed by atoms with Crippen molar-refractivity contribution in [1.29, 1.82) is 0 Å². The van der Waals surface area contributed by atoms with Gasteiger partial charge in [0.05, 0.1) is 11.6 Å². The molecule has 24 heavy (non-hydrogen) atoms. The molecule has 2 aromatic rings. The first-order valence-corrected chi connectivity index (χ1v) is 7.27. The van der Waals surface area contributed by atoms with Crippen LogP contribution < -0.4 is 4.74 Å². The Kier molecular flexibility index (Phi) is 5.18. The molecule has 0 aliphatic heterocycles. The zero-order chi connectivity index (χ0) is 17.7. The van der Waals surface area contributed by atoms with Gasteiger partial charge in [-0.1, -0.05) is 0 Å². The molecule has 0 aliphatic carbocycles. The number of esters is 1. The quantitative estimate of drug-likeness (QED) is 0.515. The molecule has 1 N–H and O–H groups in total. The van der Waals surface area contributed by atoms with Gasteiger partial charge in [0.15, 0.2) is 0 Å². The minimum absolute atomic E-state index is 0.0846. The minimum atomic E-state index is -0.684. The van der Waals surface area contributed by atoms with Gasteiger partial charge in [0.2, 0.25) is 5.88 Å². The highest BCUT2D eigenvalue weighted by molar-refractivity contribution is 5.90. The lowest BCUT2D eigenvalue weighted by molar-refractivity contribution is -0.148. The highest BCUT2D eigenvalue weighted by Crippen LogP contribution is 2.27. The molecule has 1 heterocycles. The molecule has 0 saturated carbocycles. The van der Waals surface area contributed by atoms with Crippen LogP contribution in [0.1, 0.15) is 26.3 Å². The summed E-state index contributed by atoms with van der Waals surface area (Å²) in [6.45, 7) is 5.18. The van der Waals surface area contributed by atoms with Crippen LogP contribution in [0.4, 0.5) is 4.39 Å². The third-order valence-corrected chi connectivity index (χ3v) is 2.74. The number of ether oxygens (including phenoxy) is 2. The molecule has 5 nitrogen and oxygen atoms in total. The number of hydrogen-bond acceptors (Lipinski definition) is 5. The van der Waals surface area contributed by atoms with E-state index in [1.165, 1.54) is 30.5 Å². The third kappa shape index (κ3) is 5.08. The maximum Gasteiger partial charge on any atom is 0.335 e. The van der Waals surface area contributed by atoms with Crippen molar-refractivity contribution in [2.24, 2.45) is 0 Å². The van der Waals surface area contributed by atoms with E-state index in [1.807, 2.05) is 0 Å². The fourth-order valence-corrected chi connectivity index (χ4v) is 1.80. The molecule has 0 bridgehead atoms. The Balaban J connectivity index is 2.24. The summed E-state index contributed by atoms with van der Waals surface area (Å²) < 4.78 is 23.6. The molecule has 0 fully saturated rings. The van der Waals surface area contributed by atoms with Gasteiger partial charge < -0.3 is 14.6 Å². The molecule has 0 saturated heterocycles. The van der Waals surface area contributed by atoms with Gasteiger partial charge >= 0.3 is 5.97 Å². The number of benzene rings is 1. The van der Waals surface area contributed by atoms with Crippen molar-refractivity contribution in [3.8, 4) is 11.6 Å². The zero-order valence-electron chi connectivity index (χ0n) is 13.6. The van der Waals surface area contributed by atoms with Gasteiger partial charge in [-0.05, 0) is 57.2 Å². The van der Waals surface area contributed by atoms with Crippen molar-refractivity contribution < 1.29 is 23.8 Å². The van der Waals surface area contributed by atoms with Crippen molar-refractivity contribution in [2.45, 2.75) is 26.4 Å². The van der Waals surface area contributed by atoms with Crippen LogP contribution in [0, 0.1) is 5.82 Å². The van der Waals surface area contributed by atoms with Gasteiger partial charge in [0.1, 0.15) is 22.9 Å². The first-order valence-electron chi connectivity index (χ1n) is 7.27. The lowest BCUT2D eigenvalue weighted by Crippen LogP contribution is -2.22. The number of aliphatic hydroxyl groups is 1. The number of pyridine rings is 1. The summed E-state index contributed by atoms with van der Waals surface area (Å²) in [4.78, 5) is 15.8. The van der Waals surface area contributed by atoms with E-state index in [2.05, 4.69) is 4.98 Å². The zero-order valence-corrected chi connectivity index (χ0v) is 13.6. The lowest BCUT2D eigenvalue weighted by atomic mass is 10.2. The Labute approximate surface area is 139 Å². The van der Waals surface area contributed by atoms with Crippen LogP contribution in [0.25, 0.3) is 5.76 Å². The largest absolute Gasteiger partial charge is 0.507 e. The average molecular weight is 331 g/mol. The number of halogens is 1. The van der Waals surface area contributed by atoms with Gasteiger partial charge in [-0.2, -0.15) is 0 Å². The average Bonchev–Trinajstić information content (AvgIpc) is 2.48. The van der Waals surface area contributed by atoms with E-state index >= 15 is 0 Å². The molecule has 126 valence electrons. The standard InChI is InChI=1S/C18H18FNO4/c1-18(2,3)24-16(22)11-15(21)14-5-4-10-20-17(14)23-13-8-6-12(19)7-9-13/h4-11,21H,1-3H3. The van der Waals surface area contributed by atoms with Gasteiger partial charge in [0.25, 0.3) is 0 Å². The molecular formula is C18H18FNO4. The molecule has 0 radical (unpaired) electrons. The van der Waals surface area contributed by atoms with Crippen LogP contribution in [0.3, 0.4) is 0 Å². The second-order valence-corrected chi connectivity index (χ2v) is 5.98. The summed E-state index contributed by atoms with van der Waals surface area (Å²) in [6, 6.07) is 8.49. The second kappa shape index (κ2) is 7.12. The van der Waals surface area contributed by atoms with Crippen molar-refractivity contribution in [3.63, 3.8) is 0 Å². The van der Waals surface area contributed by atoms with Crippen LogP contribution in [0.5, 0.6) is 11.6 Å². The van der Waals surface area contributed by atoms with Gasteiger partial charge in [-0.3, -0.25) is 0 Å². The minimum Gasteiger partial charge on any atom is -0.507 e. The SMILES string of the molecule is CC(C)(C)OC(=O)C=C(O)c1cccnc1Oc1ccc(F)cc1. The van der Waals surface area contributed by atoms with E-state index in [1.54, 1.807) is 32.9 Å². The summed E-state index contributed by atoms with van der Waals surface area (Å²) in [5.41, 5.74) is -0.455. The normalized spacial score (nSPS) is 11.9. The van der Waals surface area contributed by atoms with Gasteiger partial charge in [-0.15, -0.1) is 0 Å². The fraction of sp³-hybridized carbons (Fsp3) is 0.222. The smallest absolute Gasteiger partial charge is 0.335 e. The lowest BCUT2D eigenvalue weighted by Gasteiger charge is -2.18. The van der Waals surface area contributed by atoms with E-state index in [9.17, 15) is 14.3 Å². The molecule has 0 amide bonds. The molecule has 1 aromatic heterocycles. The molecular weight excluding hydrogens is 313 g/mol. The summed E-state index contributed by atoms with van der Waals surface area (Å²) in [5.74, 6) is -0.981. The van der Waals surface area contributed by atoms with Crippen LogP contribution >= 0.6 is 0 Å². The van der Waals surface area contributed by atoms with Crippen LogP contribution in [-0.4, -0.2) is 21.7 Å². The van der Waals surface area contributed by atoms with Crippen LogP contribution in [-0.2, 0) is 9.53 Å². The molecule has 0 aliphatic rings. The van der Waals surface area contributed by atoms with Crippen LogP contribution in [0.2, 0.25) is 0 Å². The Bertz CT molecular complexity index is 748. The van der Waals surface area contributed by atoms with Crippen molar-refractivity contribution in [3.05, 3.63) is 60.1 Å². The Morgan fingerprint density at radius 3 is 2.50 bits per heavy atom. The number of carbonyl (C=O) groups excluding carboxylic acids is 1. The summed E-state index contributed by atoms with van der Waals surface area (Å²) >= 11 is 0. The number of aromatic nitrogens is 1. The number of carbonyl (C=O) groups is 1. The predicted octanol–water partition coefficient (Wildman–Crippen LogP) is 4.25. The van der Waals surface area contributed by atoms with Crippen molar-refractivity contribution in [1.82, 2.24) is 4.98 Å². The van der Waals surface area contributed by atoms with E-state index in [-0.39, 0.29) is 17.2 Å². The fourth-order valence-electron chi connectivity index (χ4n) is 1.80. The van der Waals surface area contributed by atoms with Gasteiger partial charge in [0, 0.05) is 6.20 Å². The molecule has 0 unspecified atom stereocenters. The molecule has 0 atom stereocenters. The van der Waals surface area contributed by atoms with E-state index in [0.717, 1.165) is 6.08 Å². The Morgan fingerprint density at radius 2 is 1.88 bits per heavy atom. The molecule has 1 aromatic carbocycles. The highest BCUT2D eigenvalue weighted by atomic mass is 19.1. The topological polar surface area (TPSA) is 68.7 Å². The first kappa shape index (κ1) is 17.5. The van der Waals surface area contributed by atoms with Crippen molar-refractivity contribution >= 4 is 11.7 Å². The summed E-state index contributed by atoms with van der Waals surface area (Å²) in [6.07, 6.45) is 2.43. The summed E-state index contributed by atoms with van der Waals surface area (Å²) in [7, 11) is 0. The van der Waals surface area contributed by atoms with Crippen molar-refractivity contribution in [2.75, 3.05) is 0 Å². The Hall–Kier alpha value is -2.89. The maximum absolute atomic E-state index is 12.9. The number of aliphatic hydroxyl groups excluding tert-OH is 1. The van der Waals surface area contributed by atoms with Crippen LogP contribution in [0.15, 0.2) is 48.7 Å². The Morgan fingerprint density at radius 1 is 1.21 bits per heavy atom. The van der Waals surface area contributed by atoms with E-state index in [4.69, 9.17) is 9.47 Å². The predicted molar refractivity (Wildman–Crippen MR) is 87.2 cm³/mol. The molecule has 0 spiro atoms.